The molecule has 0 fully saturated rings. The SMILES string of the molecule is CCNCCCCCCCCN(C)CC. The van der Waals surface area contributed by atoms with Crippen LogP contribution in [0.4, 0.5) is 0 Å². The molecule has 0 aliphatic rings. The first-order chi connectivity index (χ1) is 7.31. The first-order valence-corrected chi connectivity index (χ1v) is 6.70. The molecule has 15 heavy (non-hydrogen) atoms. The second kappa shape index (κ2) is 12.0. The fraction of sp³-hybridized carbons (Fsp3) is 1.00. The first-order valence-electron chi connectivity index (χ1n) is 6.70. The Bertz CT molecular complexity index is 115. The summed E-state index contributed by atoms with van der Waals surface area (Å²) < 4.78 is 0. The minimum Gasteiger partial charge on any atom is -0.317 e. The Balaban J connectivity index is 2.92. The third kappa shape index (κ3) is 11.8. The van der Waals surface area contributed by atoms with Gasteiger partial charge >= 0.3 is 0 Å². The van der Waals surface area contributed by atoms with E-state index in [1.165, 1.54) is 58.2 Å². The quantitative estimate of drug-likeness (QED) is 0.532. The Kier molecular flexibility index (Phi) is 11.9. The van der Waals surface area contributed by atoms with Crippen molar-refractivity contribution in [1.29, 1.82) is 0 Å². The fourth-order valence-electron chi connectivity index (χ4n) is 1.67. The van der Waals surface area contributed by atoms with Crippen LogP contribution in [0, 0.1) is 0 Å². The third-order valence-electron chi connectivity index (χ3n) is 2.93. The molecule has 92 valence electrons. The van der Waals surface area contributed by atoms with E-state index in [1.807, 2.05) is 0 Å². The van der Waals surface area contributed by atoms with Crippen molar-refractivity contribution in [1.82, 2.24) is 10.2 Å². The summed E-state index contributed by atoms with van der Waals surface area (Å²) in [4.78, 5) is 2.39. The average Bonchev–Trinajstić information content (AvgIpc) is 2.26. The molecule has 0 aromatic carbocycles. The number of nitrogens with zero attached hydrogens (tertiary/aromatic N) is 1. The predicted octanol–water partition coefficient (Wildman–Crippen LogP) is 2.89. The molecule has 0 amide bonds. The average molecular weight is 214 g/mol. The molecule has 0 aromatic heterocycles. The van der Waals surface area contributed by atoms with Gasteiger partial charge in [-0.1, -0.05) is 39.5 Å². The molecule has 0 spiro atoms. The highest BCUT2D eigenvalue weighted by molar-refractivity contribution is 4.51. The van der Waals surface area contributed by atoms with Crippen LogP contribution in [0.3, 0.4) is 0 Å². The lowest BCUT2D eigenvalue weighted by molar-refractivity contribution is 0.340. The fourth-order valence-corrected chi connectivity index (χ4v) is 1.67. The van der Waals surface area contributed by atoms with Crippen molar-refractivity contribution >= 4 is 0 Å². The Hall–Kier alpha value is -0.0800. The van der Waals surface area contributed by atoms with Gasteiger partial charge in [-0.05, 0) is 46.1 Å². The van der Waals surface area contributed by atoms with Crippen LogP contribution >= 0.6 is 0 Å². The minimum absolute atomic E-state index is 1.11. The van der Waals surface area contributed by atoms with Crippen LogP contribution in [0.25, 0.3) is 0 Å². The number of nitrogens with one attached hydrogen (secondary N) is 1. The van der Waals surface area contributed by atoms with Gasteiger partial charge in [0.15, 0.2) is 0 Å². The van der Waals surface area contributed by atoms with Crippen LogP contribution in [0.5, 0.6) is 0 Å². The van der Waals surface area contributed by atoms with Crippen LogP contribution in [0.15, 0.2) is 0 Å². The monoisotopic (exact) mass is 214 g/mol. The van der Waals surface area contributed by atoms with Crippen LogP contribution in [-0.2, 0) is 0 Å². The molecule has 2 nitrogen and oxygen atoms in total. The third-order valence-corrected chi connectivity index (χ3v) is 2.93. The Morgan fingerprint density at radius 3 is 2.07 bits per heavy atom. The Morgan fingerprint density at radius 2 is 1.47 bits per heavy atom. The summed E-state index contributed by atoms with van der Waals surface area (Å²) in [5, 5.41) is 3.37. The molecule has 0 saturated heterocycles. The second-order valence-electron chi connectivity index (χ2n) is 4.37. The van der Waals surface area contributed by atoms with Gasteiger partial charge in [0.05, 0.1) is 0 Å². The lowest BCUT2D eigenvalue weighted by Crippen LogP contribution is -2.18. The van der Waals surface area contributed by atoms with Crippen LogP contribution in [0.1, 0.15) is 52.4 Å². The molecule has 0 aromatic rings. The summed E-state index contributed by atoms with van der Waals surface area (Å²) >= 11 is 0. The summed E-state index contributed by atoms with van der Waals surface area (Å²) in [5.74, 6) is 0. The number of unbranched alkanes of at least 4 members (excludes halogenated alkanes) is 5. The van der Waals surface area contributed by atoms with Crippen molar-refractivity contribution in [2.24, 2.45) is 0 Å². The van der Waals surface area contributed by atoms with Gasteiger partial charge in [-0.15, -0.1) is 0 Å². The van der Waals surface area contributed by atoms with Crippen molar-refractivity contribution in [3.05, 3.63) is 0 Å². The largest absolute Gasteiger partial charge is 0.317 e. The van der Waals surface area contributed by atoms with E-state index < -0.39 is 0 Å². The van der Waals surface area contributed by atoms with Gasteiger partial charge in [-0.3, -0.25) is 0 Å². The van der Waals surface area contributed by atoms with Gasteiger partial charge in [0.2, 0.25) is 0 Å². The van der Waals surface area contributed by atoms with Crippen molar-refractivity contribution < 1.29 is 0 Å². The second-order valence-corrected chi connectivity index (χ2v) is 4.37. The maximum absolute atomic E-state index is 3.37. The van der Waals surface area contributed by atoms with E-state index in [2.05, 4.69) is 31.1 Å². The highest BCUT2D eigenvalue weighted by atomic mass is 15.1. The molecule has 0 aliphatic heterocycles. The zero-order valence-electron chi connectivity index (χ0n) is 11.0. The first kappa shape index (κ1) is 14.9. The van der Waals surface area contributed by atoms with Crippen molar-refractivity contribution in [2.75, 3.05) is 33.2 Å². The van der Waals surface area contributed by atoms with E-state index in [0.29, 0.717) is 0 Å². The van der Waals surface area contributed by atoms with Gasteiger partial charge in [0.25, 0.3) is 0 Å². The molecule has 0 unspecified atom stereocenters. The maximum atomic E-state index is 3.37. The van der Waals surface area contributed by atoms with E-state index >= 15 is 0 Å². The van der Waals surface area contributed by atoms with Crippen molar-refractivity contribution in [2.45, 2.75) is 52.4 Å². The maximum Gasteiger partial charge on any atom is -0.00219 e. The van der Waals surface area contributed by atoms with E-state index in [0.717, 1.165) is 6.54 Å². The van der Waals surface area contributed by atoms with E-state index in [9.17, 15) is 0 Å². The molecule has 0 radical (unpaired) electrons. The van der Waals surface area contributed by atoms with Gasteiger partial charge in [0.1, 0.15) is 0 Å². The molecule has 1 N–H and O–H groups in total. The molecule has 0 saturated carbocycles. The number of hydrogen-bond acceptors (Lipinski definition) is 2. The Labute approximate surface area is 96.4 Å². The molecular formula is C13H30N2. The minimum atomic E-state index is 1.11. The van der Waals surface area contributed by atoms with E-state index in [1.54, 1.807) is 0 Å². The van der Waals surface area contributed by atoms with Gasteiger partial charge in [-0.25, -0.2) is 0 Å². The molecule has 0 heterocycles. The summed E-state index contributed by atoms with van der Waals surface area (Å²) in [6.07, 6.45) is 8.37. The van der Waals surface area contributed by atoms with Crippen LogP contribution < -0.4 is 5.32 Å². The van der Waals surface area contributed by atoms with Crippen molar-refractivity contribution in [3.8, 4) is 0 Å². The van der Waals surface area contributed by atoms with E-state index in [4.69, 9.17) is 0 Å². The van der Waals surface area contributed by atoms with Gasteiger partial charge in [-0.2, -0.15) is 0 Å². The lowest BCUT2D eigenvalue weighted by Gasteiger charge is -2.12. The molecule has 0 rings (SSSR count). The zero-order chi connectivity index (χ0) is 11.4. The van der Waals surface area contributed by atoms with Gasteiger partial charge < -0.3 is 10.2 Å². The number of rotatable bonds is 11. The normalized spacial score (nSPS) is 11.2. The topological polar surface area (TPSA) is 15.3 Å². The molecule has 0 bridgehead atoms. The lowest BCUT2D eigenvalue weighted by atomic mass is 10.1. The number of hydrogen-bond donors (Lipinski definition) is 1. The summed E-state index contributed by atoms with van der Waals surface area (Å²) in [7, 11) is 2.20. The smallest absolute Gasteiger partial charge is 0.00219 e. The summed E-state index contributed by atoms with van der Waals surface area (Å²) in [6, 6.07) is 0. The van der Waals surface area contributed by atoms with Crippen LogP contribution in [0.2, 0.25) is 0 Å². The van der Waals surface area contributed by atoms with Gasteiger partial charge in [0, 0.05) is 0 Å². The zero-order valence-corrected chi connectivity index (χ0v) is 11.0. The highest BCUT2D eigenvalue weighted by Crippen LogP contribution is 2.05. The predicted molar refractivity (Wildman–Crippen MR) is 69.4 cm³/mol. The Morgan fingerprint density at radius 1 is 0.867 bits per heavy atom. The molecular weight excluding hydrogens is 184 g/mol. The van der Waals surface area contributed by atoms with E-state index in [-0.39, 0.29) is 0 Å². The standard InChI is InChI=1S/C13H30N2/c1-4-14-12-10-8-6-7-9-11-13-15(3)5-2/h14H,4-13H2,1-3H3. The molecule has 0 aliphatic carbocycles. The summed E-state index contributed by atoms with van der Waals surface area (Å²) in [5.41, 5.74) is 0. The van der Waals surface area contributed by atoms with Crippen LogP contribution in [-0.4, -0.2) is 38.1 Å². The summed E-state index contributed by atoms with van der Waals surface area (Å²) in [6.45, 7) is 9.17. The van der Waals surface area contributed by atoms with Crippen molar-refractivity contribution in [3.63, 3.8) is 0 Å². The molecule has 2 heteroatoms. The highest BCUT2D eigenvalue weighted by Gasteiger charge is 1.94. The molecule has 0 atom stereocenters.